The van der Waals surface area contributed by atoms with E-state index >= 15 is 0 Å². The van der Waals surface area contributed by atoms with E-state index in [2.05, 4.69) is 14.9 Å². The average Bonchev–Trinajstić information content (AvgIpc) is 3.05. The van der Waals surface area contributed by atoms with Crippen LogP contribution in [0, 0.1) is 5.41 Å². The third-order valence-electron chi connectivity index (χ3n) is 2.35. The number of aromatic nitrogens is 2. The van der Waals surface area contributed by atoms with E-state index in [9.17, 15) is 4.79 Å². The lowest BCUT2D eigenvalue weighted by Gasteiger charge is -2.08. The molecule has 1 amide bonds. The Hall–Kier alpha value is -2.55. The van der Waals surface area contributed by atoms with E-state index in [1.54, 1.807) is 18.2 Å². The molecule has 2 aromatic heterocycles. The Bertz CT molecular complexity index is 675. The first kappa shape index (κ1) is 11.5. The van der Waals surface area contributed by atoms with E-state index < -0.39 is 5.91 Å². The Kier molecular flexibility index (Phi) is 2.60. The first-order valence-corrected chi connectivity index (χ1v) is 5.92. The van der Waals surface area contributed by atoms with Crippen LogP contribution in [0.5, 0.6) is 0 Å². The van der Waals surface area contributed by atoms with Crippen molar-refractivity contribution in [1.82, 2.24) is 10.3 Å². The van der Waals surface area contributed by atoms with Crippen LogP contribution in [0.4, 0.5) is 11.6 Å². The molecule has 0 unspecified atom stereocenters. The number of nitrogens with two attached hydrogens (primary N) is 1. The molecule has 0 radical (unpaired) electrons. The zero-order chi connectivity index (χ0) is 13.4. The molecule has 19 heavy (non-hydrogen) atoms. The van der Waals surface area contributed by atoms with Crippen LogP contribution in [-0.2, 0) is 4.79 Å². The molecule has 0 saturated carbocycles. The predicted molar refractivity (Wildman–Crippen MR) is 68.2 cm³/mol. The molecule has 0 spiro atoms. The summed E-state index contributed by atoms with van der Waals surface area (Å²) in [6.45, 7) is 0. The monoisotopic (exact) mass is 277 g/mol. The first-order chi connectivity index (χ1) is 9.16. The molecule has 9 heteroatoms. The number of thioether (sulfide) groups is 1. The van der Waals surface area contributed by atoms with E-state index in [-0.39, 0.29) is 16.8 Å². The highest BCUT2D eigenvalue weighted by Gasteiger charge is 2.37. The van der Waals surface area contributed by atoms with Gasteiger partial charge in [0.25, 0.3) is 5.91 Å². The fourth-order valence-corrected chi connectivity index (χ4v) is 2.35. The van der Waals surface area contributed by atoms with Gasteiger partial charge in [-0.05, 0) is 34.2 Å². The number of carbonyl (C=O) groups is 1. The van der Waals surface area contributed by atoms with Crippen LogP contribution in [0.15, 0.2) is 32.3 Å². The maximum absolute atomic E-state index is 12.2. The summed E-state index contributed by atoms with van der Waals surface area (Å²) in [5.41, 5.74) is 5.52. The third kappa shape index (κ3) is 1.89. The summed E-state index contributed by atoms with van der Waals surface area (Å²) in [6.07, 6.45) is 3.05. The van der Waals surface area contributed by atoms with Crippen LogP contribution in [0.2, 0.25) is 0 Å². The maximum Gasteiger partial charge on any atom is 0.272 e. The number of hydrogen-bond donors (Lipinski definition) is 2. The third-order valence-corrected chi connectivity index (χ3v) is 3.24. The Morgan fingerprint density at radius 3 is 2.95 bits per heavy atom. The van der Waals surface area contributed by atoms with Gasteiger partial charge in [-0.15, -0.1) is 0 Å². The summed E-state index contributed by atoms with van der Waals surface area (Å²) < 4.78 is 9.56. The topological polar surface area (TPSA) is 122 Å². The van der Waals surface area contributed by atoms with Crippen LogP contribution < -0.4 is 10.6 Å². The van der Waals surface area contributed by atoms with Crippen molar-refractivity contribution in [1.29, 1.82) is 5.41 Å². The number of nitrogens with one attached hydrogen (secondary N) is 1. The van der Waals surface area contributed by atoms with E-state index in [4.69, 9.17) is 15.6 Å². The van der Waals surface area contributed by atoms with Crippen LogP contribution in [0.3, 0.4) is 0 Å². The molecule has 3 N–H and O–H groups in total. The molecule has 96 valence electrons. The number of carbonyl (C=O) groups excluding carboxylic acids is 1. The molecule has 0 bridgehead atoms. The van der Waals surface area contributed by atoms with Gasteiger partial charge in [0.15, 0.2) is 5.17 Å². The number of furan rings is 1. The van der Waals surface area contributed by atoms with Gasteiger partial charge in [0, 0.05) is 6.08 Å². The maximum atomic E-state index is 12.2. The van der Waals surface area contributed by atoms with Crippen LogP contribution in [0.1, 0.15) is 5.76 Å². The SMILES string of the molecule is N=C1SC(=Cc2ccco2)C(=O)N1c1nonc1N. The van der Waals surface area contributed by atoms with E-state index in [1.807, 2.05) is 0 Å². The largest absolute Gasteiger partial charge is 0.465 e. The lowest BCUT2D eigenvalue weighted by Crippen LogP contribution is -2.29. The van der Waals surface area contributed by atoms with Gasteiger partial charge in [0.2, 0.25) is 11.6 Å². The number of nitrogen functional groups attached to an aromatic ring is 1. The number of hydrogen-bond acceptors (Lipinski definition) is 8. The lowest BCUT2D eigenvalue weighted by atomic mass is 10.3. The molecule has 8 nitrogen and oxygen atoms in total. The van der Waals surface area contributed by atoms with Gasteiger partial charge in [-0.1, -0.05) is 0 Å². The van der Waals surface area contributed by atoms with Crippen molar-refractivity contribution >= 4 is 40.5 Å². The van der Waals surface area contributed by atoms with Gasteiger partial charge in [0.05, 0.1) is 11.2 Å². The number of amidine groups is 1. The zero-order valence-electron chi connectivity index (χ0n) is 9.36. The van der Waals surface area contributed by atoms with Crippen LogP contribution in [-0.4, -0.2) is 21.4 Å². The van der Waals surface area contributed by atoms with Crippen molar-refractivity contribution in [2.45, 2.75) is 0 Å². The summed E-state index contributed by atoms with van der Waals surface area (Å²) in [7, 11) is 0. The molecule has 1 aliphatic rings. The molecule has 2 aromatic rings. The van der Waals surface area contributed by atoms with Gasteiger partial charge < -0.3 is 10.2 Å². The number of nitrogens with zero attached hydrogens (tertiary/aromatic N) is 3. The van der Waals surface area contributed by atoms with Crippen molar-refractivity contribution in [2.24, 2.45) is 0 Å². The second-order valence-corrected chi connectivity index (χ2v) is 4.58. The highest BCUT2D eigenvalue weighted by atomic mass is 32.2. The van der Waals surface area contributed by atoms with Crippen LogP contribution in [0.25, 0.3) is 6.08 Å². The molecular weight excluding hydrogens is 270 g/mol. The molecule has 0 atom stereocenters. The Morgan fingerprint density at radius 2 is 2.32 bits per heavy atom. The molecule has 3 heterocycles. The number of rotatable bonds is 2. The lowest BCUT2D eigenvalue weighted by molar-refractivity contribution is -0.113. The van der Waals surface area contributed by atoms with Crippen molar-refractivity contribution < 1.29 is 13.8 Å². The standard InChI is InChI=1S/C10H7N5O3S/c11-7-8(14-18-13-7)15-9(16)6(19-10(15)12)4-5-2-1-3-17-5/h1-4,12H,(H2,11,13). The van der Waals surface area contributed by atoms with E-state index in [1.165, 1.54) is 6.26 Å². The fourth-order valence-electron chi connectivity index (χ4n) is 1.53. The van der Waals surface area contributed by atoms with Crippen molar-refractivity contribution in [3.05, 3.63) is 29.1 Å². The van der Waals surface area contributed by atoms with Crippen LogP contribution >= 0.6 is 11.8 Å². The second kappa shape index (κ2) is 4.28. The molecular formula is C10H7N5O3S. The van der Waals surface area contributed by atoms with Crippen molar-refractivity contribution in [3.63, 3.8) is 0 Å². The number of amides is 1. The smallest absolute Gasteiger partial charge is 0.272 e. The molecule has 1 fully saturated rings. The number of anilines is 2. The van der Waals surface area contributed by atoms with Gasteiger partial charge in [-0.2, -0.15) is 0 Å². The van der Waals surface area contributed by atoms with Gasteiger partial charge in [-0.25, -0.2) is 9.53 Å². The highest BCUT2D eigenvalue weighted by Crippen LogP contribution is 2.35. The minimum atomic E-state index is -0.422. The summed E-state index contributed by atoms with van der Waals surface area (Å²) in [4.78, 5) is 13.6. The summed E-state index contributed by atoms with van der Waals surface area (Å²) in [5, 5.41) is 14.7. The predicted octanol–water partition coefficient (Wildman–Crippen LogP) is 1.30. The zero-order valence-corrected chi connectivity index (χ0v) is 10.2. The normalized spacial score (nSPS) is 17.7. The average molecular weight is 277 g/mol. The first-order valence-electron chi connectivity index (χ1n) is 5.11. The van der Waals surface area contributed by atoms with E-state index in [0.717, 1.165) is 16.7 Å². The summed E-state index contributed by atoms with van der Waals surface area (Å²) in [5.74, 6) is 0.0776. The molecule has 0 aliphatic carbocycles. The van der Waals surface area contributed by atoms with Gasteiger partial charge in [0.1, 0.15) is 5.76 Å². The van der Waals surface area contributed by atoms with E-state index in [0.29, 0.717) is 10.7 Å². The second-order valence-electron chi connectivity index (χ2n) is 3.54. The molecule has 1 saturated heterocycles. The van der Waals surface area contributed by atoms with Crippen molar-refractivity contribution in [2.75, 3.05) is 10.6 Å². The van der Waals surface area contributed by atoms with Crippen molar-refractivity contribution in [3.8, 4) is 0 Å². The Labute approximate surface area is 110 Å². The van der Waals surface area contributed by atoms with Gasteiger partial charge >= 0.3 is 0 Å². The minimum absolute atomic E-state index is 0.0188. The molecule has 3 rings (SSSR count). The molecule has 0 aromatic carbocycles. The summed E-state index contributed by atoms with van der Waals surface area (Å²) >= 11 is 0.983. The molecule has 1 aliphatic heterocycles. The Morgan fingerprint density at radius 1 is 1.47 bits per heavy atom. The Balaban J connectivity index is 1.96. The highest BCUT2D eigenvalue weighted by molar-refractivity contribution is 8.19. The minimum Gasteiger partial charge on any atom is -0.465 e. The summed E-state index contributed by atoms with van der Waals surface area (Å²) in [6, 6.07) is 3.41. The van der Waals surface area contributed by atoms with Gasteiger partial charge in [-0.3, -0.25) is 10.2 Å². The quantitative estimate of drug-likeness (QED) is 0.793. The fraction of sp³-hybridized carbons (Fsp3) is 0.